The van der Waals surface area contributed by atoms with E-state index >= 15 is 0 Å². The number of rotatable bonds is 5. The molecule has 0 spiro atoms. The number of carbonyl (C=O) groups is 1. The molecule has 1 aliphatic heterocycles. The molecule has 0 bridgehead atoms. The van der Waals surface area contributed by atoms with Crippen molar-refractivity contribution >= 4 is 33.2 Å². The quantitative estimate of drug-likeness (QED) is 0.622. The SMILES string of the molecule is C[C@@H](NS(=O)(=O)c1c(Cl)c(C(=O)Nc2ccc(F)c(F)c2)n2c1CCCC2)C(F)(F)F. The summed E-state index contributed by atoms with van der Waals surface area (Å²) in [5, 5.41) is 1.76. The highest BCUT2D eigenvalue weighted by atomic mass is 35.5. The Balaban J connectivity index is 2.04. The van der Waals surface area contributed by atoms with Crippen molar-refractivity contribution in [2.24, 2.45) is 0 Å². The summed E-state index contributed by atoms with van der Waals surface area (Å²) in [4.78, 5) is 12.2. The van der Waals surface area contributed by atoms with E-state index in [4.69, 9.17) is 11.6 Å². The van der Waals surface area contributed by atoms with Crippen molar-refractivity contribution in [2.45, 2.75) is 49.8 Å². The molecular formula is C18H17ClF5N3O3S. The van der Waals surface area contributed by atoms with Crippen LogP contribution in [0, 0.1) is 11.6 Å². The number of fused-ring (bicyclic) bond motifs is 1. The number of nitrogens with one attached hydrogen (secondary N) is 2. The number of halogens is 6. The van der Waals surface area contributed by atoms with Crippen LogP contribution in [-0.2, 0) is 23.0 Å². The van der Waals surface area contributed by atoms with Gasteiger partial charge in [0.1, 0.15) is 16.6 Å². The fraction of sp³-hybridized carbons (Fsp3) is 0.389. The van der Waals surface area contributed by atoms with Crippen molar-refractivity contribution in [3.63, 3.8) is 0 Å². The molecule has 31 heavy (non-hydrogen) atoms. The highest BCUT2D eigenvalue weighted by molar-refractivity contribution is 7.89. The summed E-state index contributed by atoms with van der Waals surface area (Å²) in [5.41, 5.74) is -0.297. The number of carbonyl (C=O) groups excluding carboxylic acids is 1. The minimum absolute atomic E-state index is 0.105. The molecule has 2 heterocycles. The topological polar surface area (TPSA) is 80.2 Å². The summed E-state index contributed by atoms with van der Waals surface area (Å²) in [6, 6.07) is 0.227. The van der Waals surface area contributed by atoms with E-state index in [-0.39, 0.29) is 30.0 Å². The van der Waals surface area contributed by atoms with Crippen molar-refractivity contribution in [3.05, 3.63) is 46.2 Å². The zero-order valence-electron chi connectivity index (χ0n) is 16.0. The fourth-order valence-electron chi connectivity index (χ4n) is 3.29. The Kier molecular flexibility index (Phi) is 6.36. The van der Waals surface area contributed by atoms with E-state index in [1.165, 1.54) is 4.57 Å². The molecule has 0 saturated heterocycles. The van der Waals surface area contributed by atoms with Gasteiger partial charge in [0.2, 0.25) is 10.0 Å². The Hall–Kier alpha value is -2.18. The molecule has 0 aliphatic carbocycles. The fourth-order valence-corrected chi connectivity index (χ4v) is 5.46. The lowest BCUT2D eigenvalue weighted by molar-refractivity contribution is -0.147. The molecule has 1 aromatic carbocycles. The number of sulfonamides is 1. The molecule has 0 unspecified atom stereocenters. The van der Waals surface area contributed by atoms with Crippen LogP contribution < -0.4 is 10.0 Å². The molecular weight excluding hydrogens is 469 g/mol. The summed E-state index contributed by atoms with van der Waals surface area (Å²) in [6.45, 7) is 0.852. The minimum Gasteiger partial charge on any atom is -0.338 e. The Bertz CT molecular complexity index is 1130. The van der Waals surface area contributed by atoms with Gasteiger partial charge in [0.25, 0.3) is 5.91 Å². The van der Waals surface area contributed by atoms with E-state index in [2.05, 4.69) is 5.32 Å². The van der Waals surface area contributed by atoms with E-state index in [0.29, 0.717) is 19.8 Å². The molecule has 0 saturated carbocycles. The van der Waals surface area contributed by atoms with Gasteiger partial charge in [-0.15, -0.1) is 0 Å². The Morgan fingerprint density at radius 1 is 1.19 bits per heavy atom. The van der Waals surface area contributed by atoms with E-state index in [1.807, 2.05) is 0 Å². The number of hydrogen-bond donors (Lipinski definition) is 2. The molecule has 1 amide bonds. The Morgan fingerprint density at radius 2 is 1.87 bits per heavy atom. The number of hydrogen-bond acceptors (Lipinski definition) is 3. The van der Waals surface area contributed by atoms with Crippen LogP contribution in [0.15, 0.2) is 23.1 Å². The predicted octanol–water partition coefficient (Wildman–Crippen LogP) is 4.24. The molecule has 6 nitrogen and oxygen atoms in total. The van der Waals surface area contributed by atoms with Gasteiger partial charge in [0, 0.05) is 24.0 Å². The van der Waals surface area contributed by atoms with Crippen LogP contribution in [-0.4, -0.2) is 31.1 Å². The van der Waals surface area contributed by atoms with Crippen molar-refractivity contribution < 1.29 is 35.2 Å². The van der Waals surface area contributed by atoms with Gasteiger partial charge in [-0.05, 0) is 38.3 Å². The zero-order chi connectivity index (χ0) is 23.1. The highest BCUT2D eigenvalue weighted by Gasteiger charge is 2.41. The smallest absolute Gasteiger partial charge is 0.338 e. The first kappa shape index (κ1) is 23.5. The van der Waals surface area contributed by atoms with Gasteiger partial charge < -0.3 is 9.88 Å². The summed E-state index contributed by atoms with van der Waals surface area (Å²) in [7, 11) is -4.73. The summed E-state index contributed by atoms with van der Waals surface area (Å²) in [5.74, 6) is -3.26. The third-order valence-electron chi connectivity index (χ3n) is 4.79. The van der Waals surface area contributed by atoms with Crippen LogP contribution in [0.2, 0.25) is 5.02 Å². The number of anilines is 1. The average molecular weight is 486 g/mol. The van der Waals surface area contributed by atoms with Crippen LogP contribution in [0.3, 0.4) is 0 Å². The predicted molar refractivity (Wildman–Crippen MR) is 103 cm³/mol. The zero-order valence-corrected chi connectivity index (χ0v) is 17.6. The lowest BCUT2D eigenvalue weighted by Crippen LogP contribution is -2.43. The van der Waals surface area contributed by atoms with Crippen LogP contribution in [0.5, 0.6) is 0 Å². The number of amides is 1. The lowest BCUT2D eigenvalue weighted by Gasteiger charge is -2.20. The maximum absolute atomic E-state index is 13.4. The van der Waals surface area contributed by atoms with E-state index in [0.717, 1.165) is 18.2 Å². The second kappa shape index (κ2) is 8.40. The molecule has 13 heteroatoms. The largest absolute Gasteiger partial charge is 0.404 e. The normalized spacial score (nSPS) is 15.5. The van der Waals surface area contributed by atoms with Crippen molar-refractivity contribution in [1.29, 1.82) is 0 Å². The maximum Gasteiger partial charge on any atom is 0.404 e. The number of benzene rings is 1. The second-order valence-electron chi connectivity index (χ2n) is 7.01. The summed E-state index contributed by atoms with van der Waals surface area (Å²) in [6.07, 6.45) is -3.53. The molecule has 2 N–H and O–H groups in total. The van der Waals surface area contributed by atoms with Crippen LogP contribution in [0.25, 0.3) is 0 Å². The van der Waals surface area contributed by atoms with Crippen LogP contribution in [0.1, 0.15) is 35.9 Å². The van der Waals surface area contributed by atoms with Gasteiger partial charge >= 0.3 is 6.18 Å². The number of aromatic nitrogens is 1. The van der Waals surface area contributed by atoms with Gasteiger partial charge in [-0.3, -0.25) is 4.79 Å². The Labute approximate surface area is 179 Å². The van der Waals surface area contributed by atoms with E-state index in [9.17, 15) is 35.2 Å². The van der Waals surface area contributed by atoms with Gasteiger partial charge in [0.05, 0.1) is 5.02 Å². The van der Waals surface area contributed by atoms with Crippen molar-refractivity contribution in [2.75, 3.05) is 5.32 Å². The summed E-state index contributed by atoms with van der Waals surface area (Å²) < 4.78 is 93.5. The minimum atomic E-state index is -4.83. The average Bonchev–Trinajstić information content (AvgIpc) is 2.96. The Morgan fingerprint density at radius 3 is 2.48 bits per heavy atom. The van der Waals surface area contributed by atoms with Crippen LogP contribution in [0.4, 0.5) is 27.6 Å². The molecule has 2 aromatic rings. The van der Waals surface area contributed by atoms with E-state index < -0.39 is 49.7 Å². The lowest BCUT2D eigenvalue weighted by atomic mass is 10.1. The molecule has 0 fully saturated rings. The monoisotopic (exact) mass is 485 g/mol. The summed E-state index contributed by atoms with van der Waals surface area (Å²) >= 11 is 6.20. The molecule has 1 atom stereocenters. The van der Waals surface area contributed by atoms with Gasteiger partial charge in [-0.2, -0.15) is 17.9 Å². The molecule has 1 aromatic heterocycles. The third-order valence-corrected chi connectivity index (χ3v) is 6.92. The van der Waals surface area contributed by atoms with Crippen molar-refractivity contribution in [1.82, 2.24) is 9.29 Å². The first-order chi connectivity index (χ1) is 14.3. The number of alkyl halides is 3. The molecule has 3 rings (SSSR count). The number of nitrogens with zero attached hydrogens (tertiary/aromatic N) is 1. The first-order valence-electron chi connectivity index (χ1n) is 9.09. The first-order valence-corrected chi connectivity index (χ1v) is 11.0. The van der Waals surface area contributed by atoms with Crippen LogP contribution >= 0.6 is 11.6 Å². The second-order valence-corrected chi connectivity index (χ2v) is 9.04. The molecule has 170 valence electrons. The molecule has 1 aliphatic rings. The standard InChI is InChI=1S/C18H17ClF5N3O3S/c1-9(18(22,23)24)26-31(29,30)16-13-4-2-3-7-27(13)15(14(16)19)17(28)25-10-5-6-11(20)12(21)8-10/h5-6,8-9,26H,2-4,7H2,1H3,(H,25,28)/t9-/m1/s1. The third kappa shape index (κ3) is 4.70. The van der Waals surface area contributed by atoms with Gasteiger partial charge in [0.15, 0.2) is 11.6 Å². The highest BCUT2D eigenvalue weighted by Crippen LogP contribution is 2.36. The van der Waals surface area contributed by atoms with Gasteiger partial charge in [-0.1, -0.05) is 11.6 Å². The van der Waals surface area contributed by atoms with Gasteiger partial charge in [-0.25, -0.2) is 17.2 Å². The van der Waals surface area contributed by atoms with E-state index in [1.54, 1.807) is 4.72 Å². The van der Waals surface area contributed by atoms with Crippen molar-refractivity contribution in [3.8, 4) is 0 Å². The maximum atomic E-state index is 13.4. The molecule has 0 radical (unpaired) electrons.